The molecule has 1 fully saturated rings. The summed E-state index contributed by atoms with van der Waals surface area (Å²) in [6.45, 7) is 5.87. The molecule has 1 amide bonds. The normalized spacial score (nSPS) is 21.6. The van der Waals surface area contributed by atoms with Crippen LogP contribution in [0.2, 0.25) is 5.02 Å². The second-order valence-corrected chi connectivity index (χ2v) is 13.1. The zero-order valence-electron chi connectivity index (χ0n) is 21.6. The van der Waals surface area contributed by atoms with E-state index in [-0.39, 0.29) is 11.9 Å². The average molecular weight is 558 g/mol. The predicted molar refractivity (Wildman–Crippen MR) is 145 cm³/mol. The van der Waals surface area contributed by atoms with Crippen molar-refractivity contribution in [3.05, 3.63) is 99.6 Å². The second-order valence-electron chi connectivity index (χ2n) is 11.0. The van der Waals surface area contributed by atoms with Crippen LogP contribution in [-0.2, 0) is 33.5 Å². The number of carbonyl (C=O) groups is 1. The SMILES string of the molecule is CC(C)(C)OC(=O)N1CCC2([S+]([O-])c3ccc(F)cc3)c3ccc(Cc4c(F)cccc4Cl)cc3CCC12. The lowest BCUT2D eigenvalue weighted by Gasteiger charge is -2.43. The van der Waals surface area contributed by atoms with E-state index in [2.05, 4.69) is 0 Å². The number of rotatable bonds is 4. The Labute approximate surface area is 230 Å². The number of benzene rings is 3. The summed E-state index contributed by atoms with van der Waals surface area (Å²) < 4.78 is 47.3. The Morgan fingerprint density at radius 2 is 1.89 bits per heavy atom. The van der Waals surface area contributed by atoms with Gasteiger partial charge in [0.05, 0.1) is 6.04 Å². The van der Waals surface area contributed by atoms with Gasteiger partial charge in [-0.1, -0.05) is 35.9 Å². The highest BCUT2D eigenvalue weighted by atomic mass is 35.5. The molecule has 0 saturated carbocycles. The molecule has 200 valence electrons. The van der Waals surface area contributed by atoms with Crippen LogP contribution in [0.25, 0.3) is 0 Å². The number of hydrogen-bond acceptors (Lipinski definition) is 3. The Morgan fingerprint density at radius 3 is 2.58 bits per heavy atom. The van der Waals surface area contributed by atoms with Gasteiger partial charge in [0.15, 0.2) is 9.64 Å². The van der Waals surface area contributed by atoms with Gasteiger partial charge < -0.3 is 9.29 Å². The number of likely N-dealkylation sites (tertiary alicyclic amines) is 1. The molecule has 0 N–H and O–H groups in total. The third-order valence-electron chi connectivity index (χ3n) is 7.38. The van der Waals surface area contributed by atoms with E-state index >= 15 is 0 Å². The Balaban J connectivity index is 1.56. The van der Waals surface area contributed by atoms with Gasteiger partial charge >= 0.3 is 6.09 Å². The maximum atomic E-state index is 14.5. The van der Waals surface area contributed by atoms with Gasteiger partial charge in [0.2, 0.25) is 0 Å². The van der Waals surface area contributed by atoms with Crippen LogP contribution in [0.1, 0.15) is 55.9 Å². The smallest absolute Gasteiger partial charge is 0.410 e. The number of halogens is 3. The minimum Gasteiger partial charge on any atom is -0.611 e. The van der Waals surface area contributed by atoms with Crippen molar-refractivity contribution in [3.8, 4) is 0 Å². The first-order valence-electron chi connectivity index (χ1n) is 12.7. The second kappa shape index (κ2) is 10.2. The Hall–Kier alpha value is -2.61. The van der Waals surface area contributed by atoms with Crippen molar-refractivity contribution in [3.63, 3.8) is 0 Å². The molecule has 5 rings (SSSR count). The van der Waals surface area contributed by atoms with Crippen LogP contribution >= 0.6 is 11.6 Å². The number of ether oxygens (including phenoxy) is 1. The zero-order chi connectivity index (χ0) is 27.2. The van der Waals surface area contributed by atoms with Crippen molar-refractivity contribution < 1.29 is 22.9 Å². The summed E-state index contributed by atoms with van der Waals surface area (Å²) in [6, 6.07) is 16.0. The van der Waals surface area contributed by atoms with Gasteiger partial charge in [-0.05, 0) is 92.3 Å². The third-order valence-corrected chi connectivity index (χ3v) is 9.79. The van der Waals surface area contributed by atoms with E-state index in [1.165, 1.54) is 18.2 Å². The Bertz CT molecular complexity index is 1340. The largest absolute Gasteiger partial charge is 0.611 e. The molecule has 0 aromatic heterocycles. The fraction of sp³-hybridized carbons (Fsp3) is 0.367. The summed E-state index contributed by atoms with van der Waals surface area (Å²) >= 11 is 4.70. The number of aryl methyl sites for hydroxylation is 1. The quantitative estimate of drug-likeness (QED) is 0.320. The summed E-state index contributed by atoms with van der Waals surface area (Å²) in [7, 11) is 0. The zero-order valence-corrected chi connectivity index (χ0v) is 23.2. The molecular weight excluding hydrogens is 528 g/mol. The molecule has 0 spiro atoms. The predicted octanol–water partition coefficient (Wildman–Crippen LogP) is 7.17. The molecule has 38 heavy (non-hydrogen) atoms. The average Bonchev–Trinajstić information content (AvgIpc) is 3.26. The van der Waals surface area contributed by atoms with Crippen LogP contribution in [0, 0.1) is 11.6 Å². The first-order chi connectivity index (χ1) is 18.0. The number of carbonyl (C=O) groups excluding carboxylic acids is 1. The van der Waals surface area contributed by atoms with Crippen LogP contribution in [-0.4, -0.2) is 33.7 Å². The van der Waals surface area contributed by atoms with Crippen LogP contribution in [0.3, 0.4) is 0 Å². The molecule has 1 aliphatic carbocycles. The molecule has 3 unspecified atom stereocenters. The van der Waals surface area contributed by atoms with Gasteiger partial charge in [-0.25, -0.2) is 13.6 Å². The highest BCUT2D eigenvalue weighted by Crippen LogP contribution is 2.53. The molecular formula is C30H30ClF2NO3S. The van der Waals surface area contributed by atoms with E-state index < -0.39 is 33.4 Å². The third kappa shape index (κ3) is 4.92. The molecule has 3 aromatic carbocycles. The minimum absolute atomic E-state index is 0.334. The highest BCUT2D eigenvalue weighted by Gasteiger charge is 2.61. The Kier molecular flexibility index (Phi) is 7.22. The lowest BCUT2D eigenvalue weighted by atomic mass is 9.77. The van der Waals surface area contributed by atoms with Crippen molar-refractivity contribution in [2.24, 2.45) is 0 Å². The summed E-state index contributed by atoms with van der Waals surface area (Å²) in [4.78, 5) is 15.4. The van der Waals surface area contributed by atoms with Crippen molar-refractivity contribution >= 4 is 28.9 Å². The van der Waals surface area contributed by atoms with E-state index in [4.69, 9.17) is 16.3 Å². The summed E-state index contributed by atoms with van der Waals surface area (Å²) in [5.74, 6) is -0.755. The van der Waals surface area contributed by atoms with Crippen molar-refractivity contribution in [2.75, 3.05) is 6.54 Å². The fourth-order valence-corrected chi connectivity index (χ4v) is 7.96. The molecule has 8 heteroatoms. The van der Waals surface area contributed by atoms with Crippen LogP contribution in [0.5, 0.6) is 0 Å². The van der Waals surface area contributed by atoms with E-state index in [9.17, 15) is 18.1 Å². The lowest BCUT2D eigenvalue weighted by Crippen LogP contribution is -2.52. The topological polar surface area (TPSA) is 52.6 Å². The summed E-state index contributed by atoms with van der Waals surface area (Å²) in [5.41, 5.74) is 2.61. The van der Waals surface area contributed by atoms with Crippen molar-refractivity contribution in [2.45, 2.75) is 67.7 Å². The molecule has 3 aromatic rings. The number of nitrogens with zero attached hydrogens (tertiary/aromatic N) is 1. The van der Waals surface area contributed by atoms with Gasteiger partial charge in [-0.2, -0.15) is 0 Å². The summed E-state index contributed by atoms with van der Waals surface area (Å²) in [5, 5.41) is 0.375. The molecule has 4 nitrogen and oxygen atoms in total. The molecule has 1 saturated heterocycles. The van der Waals surface area contributed by atoms with E-state index in [0.29, 0.717) is 47.7 Å². The minimum atomic E-state index is -1.58. The van der Waals surface area contributed by atoms with Gasteiger partial charge in [-0.3, -0.25) is 4.90 Å². The van der Waals surface area contributed by atoms with Gasteiger partial charge in [0.25, 0.3) is 0 Å². The van der Waals surface area contributed by atoms with Crippen LogP contribution in [0.4, 0.5) is 13.6 Å². The van der Waals surface area contributed by atoms with E-state index in [1.807, 2.05) is 39.0 Å². The molecule has 1 aliphatic heterocycles. The maximum absolute atomic E-state index is 14.5. The van der Waals surface area contributed by atoms with Crippen molar-refractivity contribution in [1.82, 2.24) is 4.90 Å². The first-order valence-corrected chi connectivity index (χ1v) is 14.2. The molecule has 0 bridgehead atoms. The van der Waals surface area contributed by atoms with Gasteiger partial charge in [-0.15, -0.1) is 0 Å². The van der Waals surface area contributed by atoms with Crippen LogP contribution in [0.15, 0.2) is 65.6 Å². The lowest BCUT2D eigenvalue weighted by molar-refractivity contribution is 0.0202. The molecule has 0 radical (unpaired) electrons. The fourth-order valence-electron chi connectivity index (χ4n) is 5.76. The number of fused-ring (bicyclic) bond motifs is 3. The summed E-state index contributed by atoms with van der Waals surface area (Å²) in [6.07, 6.45) is 1.66. The number of hydrogen-bond donors (Lipinski definition) is 0. The van der Waals surface area contributed by atoms with Gasteiger partial charge in [0, 0.05) is 35.5 Å². The monoisotopic (exact) mass is 557 g/mol. The van der Waals surface area contributed by atoms with Gasteiger partial charge in [0.1, 0.15) is 17.2 Å². The molecule has 2 aliphatic rings. The Morgan fingerprint density at radius 1 is 1.16 bits per heavy atom. The first kappa shape index (κ1) is 27.0. The van der Waals surface area contributed by atoms with E-state index in [0.717, 1.165) is 16.7 Å². The van der Waals surface area contributed by atoms with E-state index in [1.54, 1.807) is 29.2 Å². The standard InChI is InChI=1S/C30H30ClF2NO3S/c1-29(2,3)37-28(35)34-16-15-30(38(36)22-11-9-21(32)10-12-22)24-13-7-19(17-20(24)8-14-27(30)34)18-23-25(31)5-4-6-26(23)33/h4-7,9-13,17,27H,8,14-16,18H2,1-3H3. The molecule has 1 heterocycles. The van der Waals surface area contributed by atoms with Crippen LogP contribution < -0.4 is 0 Å². The van der Waals surface area contributed by atoms with Crippen molar-refractivity contribution in [1.29, 1.82) is 0 Å². The molecule has 3 atom stereocenters. The number of amides is 1. The highest BCUT2D eigenvalue weighted by molar-refractivity contribution is 7.92. The maximum Gasteiger partial charge on any atom is 0.410 e.